The first kappa shape index (κ1) is 20.0. The molecule has 5 N–H and O–H groups in total. The fraction of sp³-hybridized carbons (Fsp3) is 0.235. The number of carbonyl (C=O) groups excluding carboxylic acids is 1. The quantitative estimate of drug-likeness (QED) is 0.497. The minimum atomic E-state index is -4.46. The molecule has 0 aliphatic carbocycles. The summed E-state index contributed by atoms with van der Waals surface area (Å²) in [6.07, 6.45) is -2.21. The summed E-state index contributed by atoms with van der Waals surface area (Å²) >= 11 is 1.24. The number of aromatic nitrogens is 3. The number of carbonyl (C=O) groups is 1. The highest BCUT2D eigenvalue weighted by molar-refractivity contribution is 7.11. The molecule has 28 heavy (non-hydrogen) atoms. The van der Waals surface area contributed by atoms with Crippen molar-refractivity contribution in [3.8, 4) is 11.4 Å². The second-order valence-electron chi connectivity index (χ2n) is 5.80. The molecule has 3 rings (SSSR count). The Hall–Kier alpha value is -2.76. The summed E-state index contributed by atoms with van der Waals surface area (Å²) in [5, 5.41) is 12.4. The number of aromatic amines is 1. The number of halogens is 3. The first-order valence-corrected chi connectivity index (χ1v) is 8.92. The smallest absolute Gasteiger partial charge is 0.391 e. The van der Waals surface area contributed by atoms with Gasteiger partial charge < -0.3 is 21.1 Å². The zero-order chi connectivity index (χ0) is 20.3. The molecule has 11 heteroatoms. The lowest BCUT2D eigenvalue weighted by molar-refractivity contribution is -0.137. The lowest BCUT2D eigenvalue weighted by Crippen LogP contribution is -2.33. The van der Waals surface area contributed by atoms with E-state index in [-0.39, 0.29) is 24.5 Å². The maximum absolute atomic E-state index is 12.6. The van der Waals surface area contributed by atoms with Crippen LogP contribution in [0.15, 0.2) is 36.7 Å². The van der Waals surface area contributed by atoms with Crippen molar-refractivity contribution in [1.82, 2.24) is 20.3 Å². The number of aliphatic hydroxyl groups excluding tert-OH is 1. The van der Waals surface area contributed by atoms with Gasteiger partial charge in [-0.2, -0.15) is 13.2 Å². The van der Waals surface area contributed by atoms with E-state index < -0.39 is 23.7 Å². The van der Waals surface area contributed by atoms with Gasteiger partial charge in [-0.25, -0.2) is 4.98 Å². The van der Waals surface area contributed by atoms with Crippen LogP contribution in [0.5, 0.6) is 0 Å². The highest BCUT2D eigenvalue weighted by atomic mass is 32.1. The van der Waals surface area contributed by atoms with Gasteiger partial charge in [0.2, 0.25) is 0 Å². The molecule has 0 radical (unpaired) electrons. The van der Waals surface area contributed by atoms with Gasteiger partial charge in [-0.05, 0) is 24.3 Å². The zero-order valence-corrected chi connectivity index (χ0v) is 15.1. The number of hydrogen-bond acceptors (Lipinski definition) is 6. The van der Waals surface area contributed by atoms with Crippen molar-refractivity contribution in [2.75, 3.05) is 6.54 Å². The van der Waals surface area contributed by atoms with Crippen molar-refractivity contribution in [2.45, 2.75) is 18.8 Å². The molecule has 7 nitrogen and oxygen atoms in total. The third-order valence-corrected chi connectivity index (χ3v) is 4.96. The van der Waals surface area contributed by atoms with E-state index in [1.54, 1.807) is 6.07 Å². The summed E-state index contributed by atoms with van der Waals surface area (Å²) in [6, 6.07) is 4.67. The monoisotopic (exact) mass is 411 g/mol. The molecule has 1 atom stereocenters. The van der Waals surface area contributed by atoms with Crippen LogP contribution in [-0.2, 0) is 12.8 Å². The number of thiazole rings is 1. The minimum absolute atomic E-state index is 0.109. The van der Waals surface area contributed by atoms with Gasteiger partial charge >= 0.3 is 6.18 Å². The Morgan fingerprint density at radius 3 is 2.61 bits per heavy atom. The fourth-order valence-corrected chi connectivity index (χ4v) is 3.25. The lowest BCUT2D eigenvalue weighted by Gasteiger charge is -2.13. The first-order chi connectivity index (χ1) is 13.3. The Morgan fingerprint density at radius 2 is 2.04 bits per heavy atom. The lowest BCUT2D eigenvalue weighted by atomic mass is 10.2. The molecule has 0 fully saturated rings. The molecule has 3 aromatic heterocycles. The molecule has 0 bridgehead atoms. The molecule has 0 saturated heterocycles. The number of hydrogen-bond donors (Lipinski definition) is 4. The van der Waals surface area contributed by atoms with Gasteiger partial charge in [0.1, 0.15) is 10.7 Å². The Balaban J connectivity index is 1.72. The van der Waals surface area contributed by atoms with Gasteiger partial charge in [-0.1, -0.05) is 0 Å². The van der Waals surface area contributed by atoms with Crippen LogP contribution in [0.4, 0.5) is 13.2 Å². The summed E-state index contributed by atoms with van der Waals surface area (Å²) in [5.41, 5.74) is 5.73. The van der Waals surface area contributed by atoms with Crippen molar-refractivity contribution >= 4 is 17.2 Å². The van der Waals surface area contributed by atoms with Crippen molar-refractivity contribution in [3.05, 3.63) is 57.8 Å². The number of nitrogens with zero attached hydrogens (tertiary/aromatic N) is 2. The summed E-state index contributed by atoms with van der Waals surface area (Å²) in [7, 11) is 0. The first-order valence-electron chi connectivity index (χ1n) is 8.11. The van der Waals surface area contributed by atoms with Crippen molar-refractivity contribution in [1.29, 1.82) is 0 Å². The molecular weight excluding hydrogens is 395 g/mol. The normalized spacial score (nSPS) is 12.8. The SMILES string of the molecule is NC[C@@H](NC(=O)c1ccc(-c2ccc(C(F)(F)F)cn2)[nH]1)c1ncc(CO)s1. The van der Waals surface area contributed by atoms with Gasteiger partial charge in [-0.3, -0.25) is 9.78 Å². The summed E-state index contributed by atoms with van der Waals surface area (Å²) < 4.78 is 37.9. The van der Waals surface area contributed by atoms with Crippen LogP contribution in [0, 0.1) is 0 Å². The van der Waals surface area contributed by atoms with E-state index in [9.17, 15) is 18.0 Å². The molecule has 0 aliphatic rings. The predicted molar refractivity (Wildman–Crippen MR) is 96.3 cm³/mol. The van der Waals surface area contributed by atoms with E-state index in [2.05, 4.69) is 20.3 Å². The number of rotatable bonds is 6. The van der Waals surface area contributed by atoms with Crippen LogP contribution >= 0.6 is 11.3 Å². The number of pyridine rings is 1. The van der Waals surface area contributed by atoms with Crippen LogP contribution in [0.3, 0.4) is 0 Å². The number of amides is 1. The zero-order valence-electron chi connectivity index (χ0n) is 14.3. The number of alkyl halides is 3. The van der Waals surface area contributed by atoms with Crippen LogP contribution in [-0.4, -0.2) is 32.5 Å². The van der Waals surface area contributed by atoms with Gasteiger partial charge in [0.25, 0.3) is 5.91 Å². The van der Waals surface area contributed by atoms with Gasteiger partial charge in [0.15, 0.2) is 0 Å². The number of nitrogens with one attached hydrogen (secondary N) is 2. The third kappa shape index (κ3) is 4.38. The second kappa shape index (κ2) is 8.09. The molecule has 0 spiro atoms. The average molecular weight is 411 g/mol. The summed E-state index contributed by atoms with van der Waals surface area (Å²) in [4.78, 5) is 23.9. The Labute approximate surface area is 161 Å². The fourth-order valence-electron chi connectivity index (χ4n) is 2.41. The van der Waals surface area contributed by atoms with Crippen LogP contribution in [0.25, 0.3) is 11.4 Å². The Kier molecular flexibility index (Phi) is 5.77. The highest BCUT2D eigenvalue weighted by Crippen LogP contribution is 2.29. The number of H-pyrrole nitrogens is 1. The van der Waals surface area contributed by atoms with Gasteiger partial charge in [0, 0.05) is 18.9 Å². The Morgan fingerprint density at radius 1 is 1.25 bits per heavy atom. The average Bonchev–Trinajstić information content (AvgIpc) is 3.35. The van der Waals surface area contributed by atoms with E-state index in [1.165, 1.54) is 29.7 Å². The van der Waals surface area contributed by atoms with E-state index in [0.29, 0.717) is 15.6 Å². The topological polar surface area (TPSA) is 117 Å². The van der Waals surface area contributed by atoms with Crippen molar-refractivity contribution < 1.29 is 23.1 Å². The molecule has 0 aliphatic heterocycles. The van der Waals surface area contributed by atoms with Gasteiger partial charge in [-0.15, -0.1) is 11.3 Å². The molecule has 0 unspecified atom stereocenters. The van der Waals surface area contributed by atoms with Crippen LogP contribution in [0.1, 0.15) is 32.0 Å². The molecule has 0 saturated carbocycles. The standard InChI is InChI=1S/C17H16F3N5O2S/c18-17(19,20)9-1-2-11(22-6-9)12-3-4-13(24-12)15(27)25-14(5-21)16-23-7-10(8-26)28-16/h1-4,6-7,14,24,26H,5,8,21H2,(H,25,27)/t14-/m1/s1. The Bertz CT molecular complexity index is 952. The van der Waals surface area contributed by atoms with E-state index in [0.717, 1.165) is 12.3 Å². The predicted octanol–water partition coefficient (Wildman–Crippen LogP) is 2.47. The molecule has 1 amide bonds. The largest absolute Gasteiger partial charge is 0.417 e. The van der Waals surface area contributed by atoms with E-state index >= 15 is 0 Å². The van der Waals surface area contributed by atoms with E-state index in [1.807, 2.05) is 0 Å². The highest BCUT2D eigenvalue weighted by Gasteiger charge is 2.30. The second-order valence-corrected chi connectivity index (χ2v) is 6.95. The minimum Gasteiger partial charge on any atom is -0.391 e. The van der Waals surface area contributed by atoms with Crippen LogP contribution < -0.4 is 11.1 Å². The third-order valence-electron chi connectivity index (χ3n) is 3.86. The summed E-state index contributed by atoms with van der Waals surface area (Å²) in [5.74, 6) is -0.450. The summed E-state index contributed by atoms with van der Waals surface area (Å²) in [6.45, 7) is -0.0405. The molecule has 3 heterocycles. The molecular formula is C17H16F3N5O2S. The van der Waals surface area contributed by atoms with Crippen LogP contribution in [0.2, 0.25) is 0 Å². The maximum Gasteiger partial charge on any atom is 0.417 e. The molecule has 0 aromatic carbocycles. The van der Waals surface area contributed by atoms with E-state index in [4.69, 9.17) is 10.8 Å². The van der Waals surface area contributed by atoms with Gasteiger partial charge in [0.05, 0.1) is 34.5 Å². The maximum atomic E-state index is 12.6. The van der Waals surface area contributed by atoms with Crippen molar-refractivity contribution in [3.63, 3.8) is 0 Å². The number of nitrogens with two attached hydrogens (primary N) is 1. The molecule has 148 valence electrons. The number of aliphatic hydroxyl groups is 1. The molecule has 3 aromatic rings. The van der Waals surface area contributed by atoms with Crippen molar-refractivity contribution in [2.24, 2.45) is 5.73 Å².